The predicted molar refractivity (Wildman–Crippen MR) is 77.2 cm³/mol. The van der Waals surface area contributed by atoms with Crippen LogP contribution in [0.1, 0.15) is 11.1 Å². The summed E-state index contributed by atoms with van der Waals surface area (Å²) < 4.78 is 5.19. The van der Waals surface area contributed by atoms with Gasteiger partial charge in [-0.15, -0.1) is 0 Å². The Balaban J connectivity index is 2.31. The van der Waals surface area contributed by atoms with E-state index in [0.717, 1.165) is 33.3 Å². The summed E-state index contributed by atoms with van der Waals surface area (Å²) in [5.41, 5.74) is 4.38. The molecule has 0 atom stereocenters. The smallest absolute Gasteiger partial charge is 0.119 e. The molecule has 94 valence electrons. The van der Waals surface area contributed by atoms with Gasteiger partial charge in [0.05, 0.1) is 7.11 Å². The molecule has 0 aliphatic rings. The molecule has 0 aliphatic carbocycles. The van der Waals surface area contributed by atoms with Gasteiger partial charge >= 0.3 is 0 Å². The number of methoxy groups -OCH3 is 1. The lowest BCUT2D eigenvalue weighted by atomic mass is 10.1. The third-order valence-electron chi connectivity index (χ3n) is 2.90. The Morgan fingerprint density at radius 2 is 1.72 bits per heavy atom. The number of aryl methyl sites for hydroxylation is 2. The average molecular weight is 262 g/mol. The van der Waals surface area contributed by atoms with Crippen LogP contribution in [0.2, 0.25) is 5.02 Å². The van der Waals surface area contributed by atoms with Crippen molar-refractivity contribution in [2.45, 2.75) is 13.8 Å². The second-order valence-electron chi connectivity index (χ2n) is 4.27. The molecule has 0 saturated heterocycles. The van der Waals surface area contributed by atoms with Crippen molar-refractivity contribution < 1.29 is 4.74 Å². The maximum Gasteiger partial charge on any atom is 0.119 e. The molecule has 0 amide bonds. The second kappa shape index (κ2) is 5.32. The quantitative estimate of drug-likeness (QED) is 0.864. The molecule has 0 aromatic heterocycles. The minimum absolute atomic E-state index is 0.731. The van der Waals surface area contributed by atoms with E-state index in [1.807, 2.05) is 43.3 Å². The molecule has 2 aromatic carbocycles. The molecule has 2 nitrogen and oxygen atoms in total. The zero-order valence-electron chi connectivity index (χ0n) is 10.8. The summed E-state index contributed by atoms with van der Waals surface area (Å²) in [6.07, 6.45) is 0. The second-order valence-corrected chi connectivity index (χ2v) is 4.70. The molecule has 0 aliphatic heterocycles. The van der Waals surface area contributed by atoms with E-state index in [1.54, 1.807) is 7.11 Å². The van der Waals surface area contributed by atoms with E-state index >= 15 is 0 Å². The van der Waals surface area contributed by atoms with Gasteiger partial charge in [0.15, 0.2) is 0 Å². The number of hydrogen-bond donors (Lipinski definition) is 1. The van der Waals surface area contributed by atoms with Crippen LogP contribution in [-0.2, 0) is 0 Å². The van der Waals surface area contributed by atoms with Crippen LogP contribution in [0.5, 0.6) is 5.75 Å². The van der Waals surface area contributed by atoms with Crippen molar-refractivity contribution in [1.82, 2.24) is 0 Å². The maximum atomic E-state index is 6.01. The van der Waals surface area contributed by atoms with Crippen molar-refractivity contribution in [2.75, 3.05) is 12.4 Å². The molecule has 0 heterocycles. The number of hydrogen-bond acceptors (Lipinski definition) is 2. The van der Waals surface area contributed by atoms with Crippen LogP contribution in [0, 0.1) is 13.8 Å². The van der Waals surface area contributed by atoms with Gasteiger partial charge in [-0.3, -0.25) is 0 Å². The van der Waals surface area contributed by atoms with Gasteiger partial charge in [-0.1, -0.05) is 17.7 Å². The van der Waals surface area contributed by atoms with Gasteiger partial charge in [0.1, 0.15) is 5.75 Å². The number of halogens is 1. The first-order valence-corrected chi connectivity index (χ1v) is 6.16. The molecule has 0 spiro atoms. The Kier molecular flexibility index (Phi) is 3.78. The molecule has 2 aromatic rings. The van der Waals surface area contributed by atoms with E-state index in [9.17, 15) is 0 Å². The van der Waals surface area contributed by atoms with E-state index in [4.69, 9.17) is 16.3 Å². The summed E-state index contributed by atoms with van der Waals surface area (Å²) >= 11 is 6.01. The molecule has 18 heavy (non-hydrogen) atoms. The standard InChI is InChI=1S/C15H16ClNO/c1-10-4-5-12(16)9-15(10)17-14-7-6-13(18-3)8-11(14)2/h4-9,17H,1-3H3. The minimum Gasteiger partial charge on any atom is -0.497 e. The summed E-state index contributed by atoms with van der Waals surface area (Å²) in [7, 11) is 1.67. The lowest BCUT2D eigenvalue weighted by Crippen LogP contribution is -1.96. The zero-order chi connectivity index (χ0) is 13.1. The van der Waals surface area contributed by atoms with Gasteiger partial charge in [-0.2, -0.15) is 0 Å². The highest BCUT2D eigenvalue weighted by Gasteiger charge is 2.03. The zero-order valence-corrected chi connectivity index (χ0v) is 11.5. The molecule has 1 N–H and O–H groups in total. The lowest BCUT2D eigenvalue weighted by molar-refractivity contribution is 0.414. The molecule has 0 unspecified atom stereocenters. The van der Waals surface area contributed by atoms with E-state index in [2.05, 4.69) is 12.2 Å². The van der Waals surface area contributed by atoms with Crippen LogP contribution in [0.15, 0.2) is 36.4 Å². The van der Waals surface area contributed by atoms with Gasteiger partial charge in [0.2, 0.25) is 0 Å². The average Bonchev–Trinajstić information content (AvgIpc) is 2.36. The van der Waals surface area contributed by atoms with Gasteiger partial charge in [0.25, 0.3) is 0 Å². The third kappa shape index (κ3) is 2.77. The van der Waals surface area contributed by atoms with Crippen LogP contribution in [0.4, 0.5) is 11.4 Å². The van der Waals surface area contributed by atoms with Crippen LogP contribution in [-0.4, -0.2) is 7.11 Å². The summed E-state index contributed by atoms with van der Waals surface area (Å²) in [5.74, 6) is 0.862. The minimum atomic E-state index is 0.731. The largest absolute Gasteiger partial charge is 0.497 e. The fourth-order valence-corrected chi connectivity index (χ4v) is 1.95. The van der Waals surface area contributed by atoms with Crippen LogP contribution < -0.4 is 10.1 Å². The van der Waals surface area contributed by atoms with Crippen LogP contribution >= 0.6 is 11.6 Å². The van der Waals surface area contributed by atoms with Crippen molar-refractivity contribution in [1.29, 1.82) is 0 Å². The van der Waals surface area contributed by atoms with Gasteiger partial charge < -0.3 is 10.1 Å². The summed E-state index contributed by atoms with van der Waals surface area (Å²) in [6, 6.07) is 11.8. The van der Waals surface area contributed by atoms with E-state index in [-0.39, 0.29) is 0 Å². The van der Waals surface area contributed by atoms with E-state index < -0.39 is 0 Å². The maximum absolute atomic E-state index is 6.01. The first-order chi connectivity index (χ1) is 8.60. The Labute approximate surface area is 113 Å². The molecule has 0 radical (unpaired) electrons. The number of ether oxygens (including phenoxy) is 1. The summed E-state index contributed by atoms with van der Waals surface area (Å²) in [5, 5.41) is 4.12. The van der Waals surface area contributed by atoms with E-state index in [1.165, 1.54) is 0 Å². The van der Waals surface area contributed by atoms with Gasteiger partial charge in [-0.05, 0) is 55.3 Å². The van der Waals surface area contributed by atoms with Crippen molar-refractivity contribution in [2.24, 2.45) is 0 Å². The molecule has 0 saturated carbocycles. The van der Waals surface area contributed by atoms with Crippen molar-refractivity contribution >= 4 is 23.0 Å². The van der Waals surface area contributed by atoms with Crippen LogP contribution in [0.25, 0.3) is 0 Å². The molecule has 3 heteroatoms. The highest BCUT2D eigenvalue weighted by Crippen LogP contribution is 2.27. The molecular formula is C15H16ClNO. The topological polar surface area (TPSA) is 21.3 Å². The van der Waals surface area contributed by atoms with E-state index in [0.29, 0.717) is 0 Å². The van der Waals surface area contributed by atoms with Gasteiger partial charge in [-0.25, -0.2) is 0 Å². The summed E-state index contributed by atoms with van der Waals surface area (Å²) in [6.45, 7) is 4.10. The number of benzene rings is 2. The number of rotatable bonds is 3. The van der Waals surface area contributed by atoms with Crippen molar-refractivity contribution in [3.8, 4) is 5.75 Å². The number of nitrogens with one attached hydrogen (secondary N) is 1. The fourth-order valence-electron chi connectivity index (χ4n) is 1.78. The Morgan fingerprint density at radius 1 is 0.944 bits per heavy atom. The Bertz CT molecular complexity index is 566. The van der Waals surface area contributed by atoms with Crippen molar-refractivity contribution in [3.63, 3.8) is 0 Å². The molecular weight excluding hydrogens is 246 g/mol. The highest BCUT2D eigenvalue weighted by atomic mass is 35.5. The normalized spacial score (nSPS) is 10.2. The fraction of sp³-hybridized carbons (Fsp3) is 0.200. The number of anilines is 2. The van der Waals surface area contributed by atoms with Gasteiger partial charge in [0, 0.05) is 16.4 Å². The molecule has 2 rings (SSSR count). The molecule has 0 fully saturated rings. The highest BCUT2D eigenvalue weighted by molar-refractivity contribution is 6.30. The van der Waals surface area contributed by atoms with Crippen molar-refractivity contribution in [3.05, 3.63) is 52.5 Å². The first kappa shape index (κ1) is 12.8. The van der Waals surface area contributed by atoms with Crippen LogP contribution in [0.3, 0.4) is 0 Å². The Morgan fingerprint density at radius 3 is 2.39 bits per heavy atom. The third-order valence-corrected chi connectivity index (χ3v) is 3.14. The summed E-state index contributed by atoms with van der Waals surface area (Å²) in [4.78, 5) is 0. The molecule has 0 bridgehead atoms. The monoisotopic (exact) mass is 261 g/mol. The first-order valence-electron chi connectivity index (χ1n) is 5.78. The lowest BCUT2D eigenvalue weighted by Gasteiger charge is -2.13. The SMILES string of the molecule is COc1ccc(Nc2cc(Cl)ccc2C)c(C)c1. The Hall–Kier alpha value is -1.67. The predicted octanol–water partition coefficient (Wildman–Crippen LogP) is 4.71.